The van der Waals surface area contributed by atoms with Crippen molar-refractivity contribution in [2.24, 2.45) is 7.05 Å². The molecule has 0 unspecified atom stereocenters. The minimum atomic E-state index is -0.0471. The van der Waals surface area contributed by atoms with E-state index in [4.69, 9.17) is 4.74 Å². The number of rotatable bonds is 4. The first-order valence-corrected chi connectivity index (χ1v) is 8.71. The summed E-state index contributed by atoms with van der Waals surface area (Å²) >= 11 is 0. The summed E-state index contributed by atoms with van der Waals surface area (Å²) in [6.45, 7) is 7.76. The summed E-state index contributed by atoms with van der Waals surface area (Å²) in [5.41, 5.74) is 0.215. The van der Waals surface area contributed by atoms with Crippen LogP contribution in [0.1, 0.15) is 32.0 Å². The van der Waals surface area contributed by atoms with Crippen LogP contribution in [0.4, 0.5) is 4.79 Å². The number of piperidine rings is 1. The Bertz CT molecular complexity index is 548. The Morgan fingerprint density at radius 2 is 1.96 bits per heavy atom. The molecule has 2 aliphatic rings. The lowest BCUT2D eigenvalue weighted by molar-refractivity contribution is -0.0453. The minimum absolute atomic E-state index is 0.0471. The summed E-state index contributed by atoms with van der Waals surface area (Å²) in [6.07, 6.45) is 3.15. The molecular weight excluding hydrogens is 310 g/mol. The fourth-order valence-electron chi connectivity index (χ4n) is 3.72. The maximum Gasteiger partial charge on any atom is 0.317 e. The lowest BCUT2D eigenvalue weighted by Crippen LogP contribution is -2.59. The molecular formula is C15H27N7O2. The number of nitrogens with zero attached hydrogens (tertiary/aromatic N) is 6. The Morgan fingerprint density at radius 3 is 2.54 bits per heavy atom. The third-order valence-corrected chi connectivity index (χ3v) is 5.27. The summed E-state index contributed by atoms with van der Waals surface area (Å²) < 4.78 is 5.48. The number of aryl methyl sites for hydroxylation is 1. The van der Waals surface area contributed by atoms with E-state index < -0.39 is 0 Å². The Labute approximate surface area is 142 Å². The quantitative estimate of drug-likeness (QED) is 0.832. The van der Waals surface area contributed by atoms with E-state index in [1.165, 1.54) is 4.80 Å². The molecule has 2 saturated heterocycles. The summed E-state index contributed by atoms with van der Waals surface area (Å²) in [6, 6.07) is -0.0471. The van der Waals surface area contributed by atoms with Crippen LogP contribution in [0.5, 0.6) is 0 Å². The van der Waals surface area contributed by atoms with Crippen molar-refractivity contribution in [2.75, 3.05) is 39.4 Å². The van der Waals surface area contributed by atoms with Crippen LogP contribution in [0.2, 0.25) is 0 Å². The molecule has 134 valence electrons. The summed E-state index contributed by atoms with van der Waals surface area (Å²) in [7, 11) is 1.71. The lowest BCUT2D eigenvalue weighted by atomic mass is 9.83. The Morgan fingerprint density at radius 1 is 1.25 bits per heavy atom. The monoisotopic (exact) mass is 337 g/mol. The number of hydrogen-bond donors (Lipinski definition) is 1. The molecule has 3 rings (SSSR count). The van der Waals surface area contributed by atoms with Gasteiger partial charge in [0, 0.05) is 31.7 Å². The van der Waals surface area contributed by atoms with Gasteiger partial charge in [-0.2, -0.15) is 4.80 Å². The molecule has 2 amide bonds. The molecule has 24 heavy (non-hydrogen) atoms. The number of likely N-dealkylation sites (tertiary alicyclic amines) is 1. The molecule has 1 N–H and O–H groups in total. The fraction of sp³-hybridized carbons (Fsp3) is 0.867. The normalized spacial score (nSPS) is 21.7. The second-order valence-corrected chi connectivity index (χ2v) is 6.52. The van der Waals surface area contributed by atoms with Crippen LogP contribution >= 0.6 is 0 Å². The highest BCUT2D eigenvalue weighted by atomic mass is 16.5. The van der Waals surface area contributed by atoms with Gasteiger partial charge in [0.15, 0.2) is 5.82 Å². The molecule has 3 heterocycles. The highest BCUT2D eigenvalue weighted by Gasteiger charge is 2.39. The van der Waals surface area contributed by atoms with Gasteiger partial charge in [-0.15, -0.1) is 10.2 Å². The number of morpholine rings is 1. The summed E-state index contributed by atoms with van der Waals surface area (Å²) in [4.78, 5) is 18.2. The first-order valence-electron chi connectivity index (χ1n) is 8.71. The molecule has 0 spiro atoms. The molecule has 9 heteroatoms. The zero-order valence-electron chi connectivity index (χ0n) is 14.6. The number of tetrazole rings is 1. The Balaban J connectivity index is 1.50. The van der Waals surface area contributed by atoms with Crippen LogP contribution in [-0.2, 0) is 18.3 Å². The van der Waals surface area contributed by atoms with Crippen LogP contribution in [0.25, 0.3) is 0 Å². The Kier molecular flexibility index (Phi) is 5.30. The predicted octanol–water partition coefficient (Wildman–Crippen LogP) is -0.00350. The van der Waals surface area contributed by atoms with Crippen LogP contribution in [0.3, 0.4) is 0 Å². The van der Waals surface area contributed by atoms with Gasteiger partial charge < -0.3 is 15.0 Å². The molecule has 2 aliphatic heterocycles. The van der Waals surface area contributed by atoms with Crippen molar-refractivity contribution in [1.82, 2.24) is 35.3 Å². The molecule has 0 saturated carbocycles. The number of hydrogen-bond acceptors (Lipinski definition) is 6. The van der Waals surface area contributed by atoms with Crippen LogP contribution in [0, 0.1) is 0 Å². The number of nitrogens with one attached hydrogen (secondary N) is 1. The van der Waals surface area contributed by atoms with Gasteiger partial charge in [-0.3, -0.25) is 4.90 Å². The highest BCUT2D eigenvalue weighted by Crippen LogP contribution is 2.32. The largest absolute Gasteiger partial charge is 0.379 e. The van der Waals surface area contributed by atoms with Gasteiger partial charge in [-0.05, 0) is 24.5 Å². The number of carbonyl (C=O) groups excluding carboxylic acids is 1. The van der Waals surface area contributed by atoms with Gasteiger partial charge in [0.05, 0.1) is 26.8 Å². The smallest absolute Gasteiger partial charge is 0.317 e. The number of urea groups is 1. The van der Waals surface area contributed by atoms with E-state index in [-0.39, 0.29) is 11.6 Å². The SMILES string of the molecule is CCC1(N2CCOCC2)CCN(C(=O)NCc2nnn(C)n2)CC1. The van der Waals surface area contributed by atoms with E-state index >= 15 is 0 Å². The highest BCUT2D eigenvalue weighted by molar-refractivity contribution is 5.74. The van der Waals surface area contributed by atoms with E-state index in [2.05, 4.69) is 32.6 Å². The van der Waals surface area contributed by atoms with Gasteiger partial charge in [0.2, 0.25) is 0 Å². The number of amides is 2. The maximum atomic E-state index is 12.4. The topological polar surface area (TPSA) is 88.4 Å². The molecule has 2 fully saturated rings. The van der Waals surface area contributed by atoms with Crippen molar-refractivity contribution < 1.29 is 9.53 Å². The number of ether oxygens (including phenoxy) is 1. The molecule has 0 aliphatic carbocycles. The number of aromatic nitrogens is 4. The van der Waals surface area contributed by atoms with Crippen molar-refractivity contribution in [3.8, 4) is 0 Å². The molecule has 0 radical (unpaired) electrons. The van der Waals surface area contributed by atoms with Crippen molar-refractivity contribution in [1.29, 1.82) is 0 Å². The second-order valence-electron chi connectivity index (χ2n) is 6.52. The van der Waals surface area contributed by atoms with Crippen molar-refractivity contribution in [3.63, 3.8) is 0 Å². The molecule has 9 nitrogen and oxygen atoms in total. The van der Waals surface area contributed by atoms with Crippen molar-refractivity contribution in [2.45, 2.75) is 38.3 Å². The average molecular weight is 337 g/mol. The lowest BCUT2D eigenvalue weighted by Gasteiger charge is -2.49. The molecule has 1 aromatic rings. The zero-order valence-corrected chi connectivity index (χ0v) is 14.6. The predicted molar refractivity (Wildman–Crippen MR) is 87.3 cm³/mol. The summed E-state index contributed by atoms with van der Waals surface area (Å²) in [5, 5.41) is 14.6. The second kappa shape index (κ2) is 7.43. The van der Waals surface area contributed by atoms with E-state index in [1.54, 1.807) is 7.05 Å². The summed E-state index contributed by atoms with van der Waals surface area (Å²) in [5.74, 6) is 0.527. The standard InChI is InChI=1S/C15H27N7O2/c1-3-15(22-8-10-24-11-9-22)4-6-21(7-5-15)14(23)16-12-13-17-19-20(2)18-13/h3-12H2,1-2H3,(H,16,23). The fourth-order valence-corrected chi connectivity index (χ4v) is 3.72. The third kappa shape index (κ3) is 3.67. The average Bonchev–Trinajstić information content (AvgIpc) is 3.06. The first kappa shape index (κ1) is 17.1. The van der Waals surface area contributed by atoms with Crippen LogP contribution in [-0.4, -0.2) is 81.0 Å². The van der Waals surface area contributed by atoms with Crippen LogP contribution < -0.4 is 5.32 Å². The van der Waals surface area contributed by atoms with Gasteiger partial charge in [0.25, 0.3) is 0 Å². The molecule has 0 aromatic carbocycles. The van der Waals surface area contributed by atoms with E-state index in [0.29, 0.717) is 12.4 Å². The van der Waals surface area contributed by atoms with Crippen LogP contribution in [0.15, 0.2) is 0 Å². The zero-order chi connectivity index (χ0) is 17.0. The molecule has 1 aromatic heterocycles. The van der Waals surface area contributed by atoms with Gasteiger partial charge in [-0.1, -0.05) is 6.92 Å². The molecule has 0 atom stereocenters. The Hall–Kier alpha value is -1.74. The molecule has 0 bridgehead atoms. The number of carbonyl (C=O) groups is 1. The first-order chi connectivity index (χ1) is 11.6. The van der Waals surface area contributed by atoms with Gasteiger partial charge in [0.1, 0.15) is 0 Å². The van der Waals surface area contributed by atoms with Crippen molar-refractivity contribution in [3.05, 3.63) is 5.82 Å². The van der Waals surface area contributed by atoms with Gasteiger partial charge >= 0.3 is 6.03 Å². The van der Waals surface area contributed by atoms with E-state index in [1.807, 2.05) is 4.90 Å². The van der Waals surface area contributed by atoms with E-state index in [9.17, 15) is 4.79 Å². The third-order valence-electron chi connectivity index (χ3n) is 5.27. The maximum absolute atomic E-state index is 12.4. The van der Waals surface area contributed by atoms with Gasteiger partial charge in [-0.25, -0.2) is 4.79 Å². The van der Waals surface area contributed by atoms with E-state index in [0.717, 1.165) is 58.7 Å². The minimum Gasteiger partial charge on any atom is -0.379 e. The van der Waals surface area contributed by atoms with Crippen molar-refractivity contribution >= 4 is 6.03 Å².